The van der Waals surface area contributed by atoms with Crippen LogP contribution < -0.4 is 10.7 Å². The summed E-state index contributed by atoms with van der Waals surface area (Å²) in [6.45, 7) is 0.156. The number of pyridine rings is 1. The minimum Gasteiger partial charge on any atom is -0.350 e. The van der Waals surface area contributed by atoms with Crippen LogP contribution in [0.25, 0.3) is 10.9 Å². The second-order valence-corrected chi connectivity index (χ2v) is 5.45. The van der Waals surface area contributed by atoms with Crippen LogP contribution in [0.4, 0.5) is 8.78 Å². The van der Waals surface area contributed by atoms with E-state index in [-0.39, 0.29) is 23.3 Å². The fourth-order valence-corrected chi connectivity index (χ4v) is 2.51. The number of amides is 1. The minimum absolute atomic E-state index is 0.0716. The fraction of sp³-hybridized carbons (Fsp3) is 0.111. The molecule has 122 valence electrons. The van der Waals surface area contributed by atoms with Gasteiger partial charge in [-0.25, -0.2) is 8.78 Å². The molecule has 3 rings (SSSR count). The molecule has 0 saturated heterocycles. The van der Waals surface area contributed by atoms with Crippen LogP contribution in [0.2, 0.25) is 0 Å². The van der Waals surface area contributed by atoms with Crippen LogP contribution in [0.3, 0.4) is 0 Å². The first-order chi connectivity index (χ1) is 11.5. The van der Waals surface area contributed by atoms with Gasteiger partial charge in [-0.2, -0.15) is 0 Å². The lowest BCUT2D eigenvalue weighted by Crippen LogP contribution is -2.29. The molecule has 4 nitrogen and oxygen atoms in total. The van der Waals surface area contributed by atoms with Crippen molar-refractivity contribution < 1.29 is 13.6 Å². The summed E-state index contributed by atoms with van der Waals surface area (Å²) in [6, 6.07) is 9.54. The summed E-state index contributed by atoms with van der Waals surface area (Å²) in [6.07, 6.45) is 1.42. The molecule has 0 aliphatic rings. The number of hydrogen-bond acceptors (Lipinski definition) is 2. The molecule has 24 heavy (non-hydrogen) atoms. The van der Waals surface area contributed by atoms with Gasteiger partial charge >= 0.3 is 0 Å². The Balaban J connectivity index is 1.91. The first-order valence-electron chi connectivity index (χ1n) is 7.27. The third-order valence-corrected chi connectivity index (χ3v) is 3.76. The highest BCUT2D eigenvalue weighted by molar-refractivity contribution is 5.97. The van der Waals surface area contributed by atoms with Crippen LogP contribution in [0.15, 0.2) is 53.5 Å². The number of nitrogens with one attached hydrogen (secondary N) is 1. The van der Waals surface area contributed by atoms with E-state index in [1.165, 1.54) is 30.5 Å². The van der Waals surface area contributed by atoms with Crippen LogP contribution >= 0.6 is 0 Å². The van der Waals surface area contributed by atoms with Crippen molar-refractivity contribution in [3.63, 3.8) is 0 Å². The van der Waals surface area contributed by atoms with Gasteiger partial charge in [-0.3, -0.25) is 9.59 Å². The molecule has 1 heterocycles. The zero-order valence-electron chi connectivity index (χ0n) is 12.8. The van der Waals surface area contributed by atoms with E-state index in [4.69, 9.17) is 0 Å². The number of aromatic nitrogens is 1. The van der Waals surface area contributed by atoms with Crippen molar-refractivity contribution in [1.29, 1.82) is 0 Å². The lowest BCUT2D eigenvalue weighted by Gasteiger charge is -2.10. The summed E-state index contributed by atoms with van der Waals surface area (Å²) in [5, 5.41) is 2.76. The number of nitrogens with zero attached hydrogens (tertiary/aromatic N) is 1. The maximum absolute atomic E-state index is 13.4. The van der Waals surface area contributed by atoms with E-state index < -0.39 is 17.2 Å². The summed E-state index contributed by atoms with van der Waals surface area (Å²) in [4.78, 5) is 24.7. The summed E-state index contributed by atoms with van der Waals surface area (Å²) < 4.78 is 27.9. The molecule has 1 amide bonds. The monoisotopic (exact) mass is 328 g/mol. The van der Waals surface area contributed by atoms with Crippen molar-refractivity contribution in [2.75, 3.05) is 0 Å². The van der Waals surface area contributed by atoms with Crippen LogP contribution in [0, 0.1) is 11.6 Å². The average Bonchev–Trinajstić information content (AvgIpc) is 2.57. The molecule has 0 unspecified atom stereocenters. The lowest BCUT2D eigenvalue weighted by atomic mass is 10.1. The number of carbonyl (C=O) groups excluding carboxylic acids is 1. The third-order valence-electron chi connectivity index (χ3n) is 3.76. The highest BCUT2D eigenvalue weighted by Gasteiger charge is 2.14. The molecule has 0 fully saturated rings. The Bertz CT molecular complexity index is 979. The predicted octanol–water partition coefficient (Wildman–Crippen LogP) is 2.75. The SMILES string of the molecule is Cn1cc(C(=O)NCc2ccc(F)cc2)c(=O)c2cc(F)ccc21. The van der Waals surface area contributed by atoms with Gasteiger partial charge in [0, 0.05) is 25.2 Å². The van der Waals surface area contributed by atoms with Crippen molar-refractivity contribution in [2.45, 2.75) is 6.54 Å². The molecule has 0 bridgehead atoms. The molecule has 3 aromatic rings. The van der Waals surface area contributed by atoms with Crippen molar-refractivity contribution >= 4 is 16.8 Å². The topological polar surface area (TPSA) is 51.1 Å². The molecule has 1 N–H and O–H groups in total. The van der Waals surface area contributed by atoms with E-state index in [9.17, 15) is 18.4 Å². The van der Waals surface area contributed by atoms with E-state index in [0.717, 1.165) is 6.07 Å². The Morgan fingerprint density at radius 3 is 2.46 bits per heavy atom. The van der Waals surface area contributed by atoms with Gasteiger partial charge in [0.05, 0.1) is 5.52 Å². The van der Waals surface area contributed by atoms with Crippen molar-refractivity contribution in [1.82, 2.24) is 9.88 Å². The Morgan fingerprint density at radius 1 is 1.08 bits per heavy atom. The number of fused-ring (bicyclic) bond motifs is 1. The molecule has 0 spiro atoms. The lowest BCUT2D eigenvalue weighted by molar-refractivity contribution is 0.0949. The summed E-state index contributed by atoms with van der Waals surface area (Å²) in [7, 11) is 1.68. The van der Waals surface area contributed by atoms with Crippen molar-refractivity contribution in [3.8, 4) is 0 Å². The van der Waals surface area contributed by atoms with Gasteiger partial charge < -0.3 is 9.88 Å². The second kappa shape index (κ2) is 6.23. The van der Waals surface area contributed by atoms with E-state index in [0.29, 0.717) is 11.1 Å². The molecule has 1 aromatic heterocycles. The van der Waals surface area contributed by atoms with Crippen LogP contribution in [-0.2, 0) is 13.6 Å². The van der Waals surface area contributed by atoms with E-state index >= 15 is 0 Å². The zero-order valence-corrected chi connectivity index (χ0v) is 12.8. The molecule has 6 heteroatoms. The van der Waals surface area contributed by atoms with Crippen LogP contribution in [0.1, 0.15) is 15.9 Å². The molecule has 0 radical (unpaired) electrons. The van der Waals surface area contributed by atoms with Gasteiger partial charge in [0.2, 0.25) is 5.43 Å². The molecule has 2 aromatic carbocycles. The summed E-state index contributed by atoms with van der Waals surface area (Å²) in [5.41, 5.74) is 0.641. The maximum Gasteiger partial charge on any atom is 0.257 e. The Morgan fingerprint density at radius 2 is 1.75 bits per heavy atom. The normalized spacial score (nSPS) is 10.8. The van der Waals surface area contributed by atoms with E-state index in [2.05, 4.69) is 5.32 Å². The number of aryl methyl sites for hydroxylation is 1. The molecule has 0 aliphatic carbocycles. The van der Waals surface area contributed by atoms with Gasteiger partial charge in [0.15, 0.2) is 0 Å². The number of hydrogen-bond donors (Lipinski definition) is 1. The Kier molecular flexibility index (Phi) is 4.12. The zero-order chi connectivity index (χ0) is 17.3. The smallest absolute Gasteiger partial charge is 0.257 e. The average molecular weight is 328 g/mol. The van der Waals surface area contributed by atoms with Gasteiger partial charge in [-0.1, -0.05) is 12.1 Å². The first kappa shape index (κ1) is 15.9. The molecular formula is C18H14F2N2O2. The standard InChI is InChI=1S/C18H14F2N2O2/c1-22-10-15(17(23)14-8-13(20)6-7-16(14)22)18(24)21-9-11-2-4-12(19)5-3-11/h2-8,10H,9H2,1H3,(H,21,24). The third kappa shape index (κ3) is 3.03. The van der Waals surface area contributed by atoms with Crippen LogP contribution in [0.5, 0.6) is 0 Å². The van der Waals surface area contributed by atoms with Crippen LogP contribution in [-0.4, -0.2) is 10.5 Å². The number of carbonyl (C=O) groups is 1. The largest absolute Gasteiger partial charge is 0.350 e. The maximum atomic E-state index is 13.4. The fourth-order valence-electron chi connectivity index (χ4n) is 2.51. The van der Waals surface area contributed by atoms with Crippen molar-refractivity contribution in [2.24, 2.45) is 7.05 Å². The highest BCUT2D eigenvalue weighted by atomic mass is 19.1. The molecule has 0 aliphatic heterocycles. The number of benzene rings is 2. The van der Waals surface area contributed by atoms with Gasteiger partial charge in [-0.05, 0) is 35.9 Å². The summed E-state index contributed by atoms with van der Waals surface area (Å²) >= 11 is 0. The Hall–Kier alpha value is -3.02. The molecule has 0 saturated carbocycles. The molecule has 0 atom stereocenters. The van der Waals surface area contributed by atoms with E-state index in [1.54, 1.807) is 23.7 Å². The van der Waals surface area contributed by atoms with Gasteiger partial charge in [-0.15, -0.1) is 0 Å². The van der Waals surface area contributed by atoms with E-state index in [1.807, 2.05) is 0 Å². The second-order valence-electron chi connectivity index (χ2n) is 5.45. The quantitative estimate of drug-likeness (QED) is 0.804. The molecular weight excluding hydrogens is 314 g/mol. The van der Waals surface area contributed by atoms with Crippen molar-refractivity contribution in [3.05, 3.63) is 81.6 Å². The number of rotatable bonds is 3. The Labute approximate surface area is 136 Å². The predicted molar refractivity (Wildman–Crippen MR) is 86.7 cm³/mol. The highest BCUT2D eigenvalue weighted by Crippen LogP contribution is 2.13. The van der Waals surface area contributed by atoms with Gasteiger partial charge in [0.25, 0.3) is 5.91 Å². The minimum atomic E-state index is -0.564. The number of halogens is 2. The first-order valence-corrected chi connectivity index (χ1v) is 7.27. The summed E-state index contributed by atoms with van der Waals surface area (Å²) in [5.74, 6) is -1.47. The van der Waals surface area contributed by atoms with Gasteiger partial charge in [0.1, 0.15) is 17.2 Å².